The third-order valence-electron chi connectivity index (χ3n) is 11.9. The standard InChI is InChI=1S/C58H70O4.C2H6/c1-37-27-47(39-31-41(55(3,4)5)35-42(32-39)56(6,7)8)53(59)49(29-37)45-21-15-17-23-51(45)61-25-19-20-26-62-52-24-18-16-22-46(52)50-30-38(2)28-48(54(50)60)40-33-43(57(9,10)11)36-44(34-40)58(12,13)14;1-2/h15-18,21-24,27-36,59-60H,19-20,25-26H2,1-14H3;1-2H3. The van der Waals surface area contributed by atoms with E-state index in [1.807, 2.05) is 74.5 Å². The van der Waals surface area contributed by atoms with E-state index in [4.69, 9.17) is 9.47 Å². The largest absolute Gasteiger partial charge is 0.507 e. The SMILES string of the molecule is CC.Cc1cc(-c2cc(C(C)(C)C)cc(C(C)(C)C)c2)c(O)c(-c2ccccc2OCCCCOc2ccccc2-c2cc(C)cc(-c3cc(C(C)(C)C)cc(C(C)(C)C)c3)c2O)c1. The molecule has 0 saturated heterocycles. The van der Waals surface area contributed by atoms with Crippen LogP contribution in [0.1, 0.15) is 143 Å². The van der Waals surface area contributed by atoms with Crippen LogP contribution in [0.5, 0.6) is 23.0 Å². The summed E-state index contributed by atoms with van der Waals surface area (Å²) < 4.78 is 12.9. The van der Waals surface area contributed by atoms with Gasteiger partial charge in [-0.1, -0.05) is 170 Å². The van der Waals surface area contributed by atoms with E-state index in [-0.39, 0.29) is 33.2 Å². The molecule has 6 rings (SSSR count). The highest BCUT2D eigenvalue weighted by atomic mass is 16.5. The highest BCUT2D eigenvalue weighted by molar-refractivity contribution is 5.87. The summed E-state index contributed by atoms with van der Waals surface area (Å²) in [6, 6.07) is 37.8. The average molecular weight is 861 g/mol. The molecule has 340 valence electrons. The molecule has 0 aliphatic carbocycles. The fraction of sp³-hybridized carbons (Fsp3) is 0.400. The van der Waals surface area contributed by atoms with Gasteiger partial charge < -0.3 is 19.7 Å². The predicted octanol–water partition coefficient (Wildman–Crippen LogP) is 16.8. The van der Waals surface area contributed by atoms with Gasteiger partial charge in [0, 0.05) is 33.4 Å². The summed E-state index contributed by atoms with van der Waals surface area (Å²) in [5, 5.41) is 24.0. The average Bonchev–Trinajstić information content (AvgIpc) is 3.23. The molecule has 2 N–H and O–H groups in total. The fourth-order valence-corrected chi connectivity index (χ4v) is 7.90. The van der Waals surface area contributed by atoms with E-state index in [2.05, 4.69) is 145 Å². The number of unbranched alkanes of at least 4 members (excludes halogenated alkanes) is 1. The van der Waals surface area contributed by atoms with E-state index < -0.39 is 0 Å². The molecule has 0 saturated carbocycles. The first kappa shape index (κ1) is 49.5. The molecule has 0 heterocycles. The van der Waals surface area contributed by atoms with Crippen molar-refractivity contribution in [3.05, 3.63) is 143 Å². The predicted molar refractivity (Wildman–Crippen MR) is 274 cm³/mol. The second-order valence-electron chi connectivity index (χ2n) is 21.4. The van der Waals surface area contributed by atoms with E-state index in [1.54, 1.807) is 0 Å². The summed E-state index contributed by atoms with van der Waals surface area (Å²) in [6.07, 6.45) is 1.55. The van der Waals surface area contributed by atoms with Gasteiger partial charge in [-0.15, -0.1) is 0 Å². The monoisotopic (exact) mass is 861 g/mol. The topological polar surface area (TPSA) is 58.9 Å². The Bertz CT molecular complexity index is 2300. The van der Waals surface area contributed by atoms with Gasteiger partial charge >= 0.3 is 0 Å². The van der Waals surface area contributed by atoms with E-state index >= 15 is 0 Å². The molecule has 0 unspecified atom stereocenters. The Morgan fingerprint density at radius 1 is 0.375 bits per heavy atom. The smallest absolute Gasteiger partial charge is 0.131 e. The highest BCUT2D eigenvalue weighted by Crippen LogP contribution is 2.46. The number of rotatable bonds is 11. The first-order valence-electron chi connectivity index (χ1n) is 23.4. The minimum absolute atomic E-state index is 0.0439. The fourth-order valence-electron chi connectivity index (χ4n) is 7.90. The lowest BCUT2D eigenvalue weighted by atomic mass is 9.78. The molecular formula is C60H76O4. The van der Waals surface area contributed by atoms with Gasteiger partial charge in [-0.3, -0.25) is 0 Å². The zero-order valence-electron chi connectivity index (χ0n) is 41.9. The second-order valence-corrected chi connectivity index (χ2v) is 21.4. The molecule has 0 fully saturated rings. The van der Waals surface area contributed by atoms with Gasteiger partial charge in [0.15, 0.2) is 0 Å². The molecule has 4 nitrogen and oxygen atoms in total. The maximum Gasteiger partial charge on any atom is 0.131 e. The number of phenolic OH excluding ortho intramolecular Hbond substituents is 2. The molecule has 0 aliphatic rings. The van der Waals surface area contributed by atoms with Gasteiger partial charge in [0.25, 0.3) is 0 Å². The number of hydrogen-bond donors (Lipinski definition) is 2. The van der Waals surface area contributed by atoms with Crippen LogP contribution in [0.15, 0.2) is 109 Å². The van der Waals surface area contributed by atoms with Crippen molar-refractivity contribution in [2.45, 2.75) is 145 Å². The summed E-state index contributed by atoms with van der Waals surface area (Å²) in [4.78, 5) is 0. The first-order valence-corrected chi connectivity index (χ1v) is 23.4. The number of benzene rings is 6. The van der Waals surface area contributed by atoms with Crippen molar-refractivity contribution in [3.63, 3.8) is 0 Å². The maximum atomic E-state index is 12.0. The van der Waals surface area contributed by atoms with Crippen molar-refractivity contribution in [3.8, 4) is 67.5 Å². The van der Waals surface area contributed by atoms with Gasteiger partial charge in [0.2, 0.25) is 0 Å². The third-order valence-corrected chi connectivity index (χ3v) is 11.9. The van der Waals surface area contributed by atoms with Crippen molar-refractivity contribution in [1.29, 1.82) is 0 Å². The zero-order valence-corrected chi connectivity index (χ0v) is 41.9. The number of aryl methyl sites for hydroxylation is 2. The Kier molecular flexibility index (Phi) is 15.3. The lowest BCUT2D eigenvalue weighted by Crippen LogP contribution is -2.16. The quantitative estimate of drug-likeness (QED) is 0.127. The van der Waals surface area contributed by atoms with Crippen molar-refractivity contribution >= 4 is 0 Å². The van der Waals surface area contributed by atoms with Crippen LogP contribution in [0.4, 0.5) is 0 Å². The van der Waals surface area contributed by atoms with Crippen LogP contribution in [0.25, 0.3) is 44.5 Å². The van der Waals surface area contributed by atoms with Gasteiger partial charge in [-0.05, 0) is 129 Å². The molecule has 0 spiro atoms. The number of aromatic hydroxyl groups is 2. The molecule has 64 heavy (non-hydrogen) atoms. The van der Waals surface area contributed by atoms with E-state index in [0.29, 0.717) is 13.2 Å². The van der Waals surface area contributed by atoms with Crippen LogP contribution in [0.3, 0.4) is 0 Å². The Hall–Kier alpha value is -5.48. The number of para-hydroxylation sites is 2. The molecule has 0 aromatic heterocycles. The minimum Gasteiger partial charge on any atom is -0.507 e. The maximum absolute atomic E-state index is 12.0. The molecule has 0 bridgehead atoms. The zero-order chi connectivity index (χ0) is 47.4. The van der Waals surface area contributed by atoms with Crippen LogP contribution in [-0.2, 0) is 21.7 Å². The highest BCUT2D eigenvalue weighted by Gasteiger charge is 2.25. The first-order chi connectivity index (χ1) is 29.9. The lowest BCUT2D eigenvalue weighted by Gasteiger charge is -2.27. The van der Waals surface area contributed by atoms with Crippen LogP contribution in [0.2, 0.25) is 0 Å². The number of hydrogen-bond acceptors (Lipinski definition) is 4. The Morgan fingerprint density at radius 2 is 0.656 bits per heavy atom. The molecule has 0 amide bonds. The van der Waals surface area contributed by atoms with E-state index in [9.17, 15) is 10.2 Å². The normalized spacial score (nSPS) is 12.1. The molecule has 0 radical (unpaired) electrons. The Balaban J connectivity index is 0.00000380. The van der Waals surface area contributed by atoms with Crippen molar-refractivity contribution < 1.29 is 19.7 Å². The van der Waals surface area contributed by atoms with Crippen molar-refractivity contribution in [2.75, 3.05) is 13.2 Å². The number of phenols is 2. The number of ether oxygens (including phenoxy) is 2. The molecule has 4 heteroatoms. The molecule has 6 aromatic rings. The van der Waals surface area contributed by atoms with Crippen molar-refractivity contribution in [2.24, 2.45) is 0 Å². The molecular weight excluding hydrogens is 785 g/mol. The molecule has 0 atom stereocenters. The van der Waals surface area contributed by atoms with Gasteiger partial charge in [0.1, 0.15) is 23.0 Å². The van der Waals surface area contributed by atoms with Gasteiger partial charge in [-0.2, -0.15) is 0 Å². The summed E-state index contributed by atoms with van der Waals surface area (Å²) in [5.74, 6) is 1.98. The minimum atomic E-state index is -0.0439. The summed E-state index contributed by atoms with van der Waals surface area (Å²) >= 11 is 0. The van der Waals surface area contributed by atoms with Gasteiger partial charge in [-0.25, -0.2) is 0 Å². The Morgan fingerprint density at radius 3 is 0.953 bits per heavy atom. The summed E-state index contributed by atoms with van der Waals surface area (Å²) in [5.41, 5.74) is 13.9. The molecule has 0 aliphatic heterocycles. The summed E-state index contributed by atoms with van der Waals surface area (Å²) in [7, 11) is 0. The Labute approximate surface area is 386 Å². The van der Waals surface area contributed by atoms with Crippen molar-refractivity contribution in [1.82, 2.24) is 0 Å². The van der Waals surface area contributed by atoms with Gasteiger partial charge in [0.05, 0.1) is 13.2 Å². The van der Waals surface area contributed by atoms with Crippen LogP contribution in [0, 0.1) is 13.8 Å². The molecule has 6 aromatic carbocycles. The van der Waals surface area contributed by atoms with Crippen LogP contribution < -0.4 is 9.47 Å². The van der Waals surface area contributed by atoms with Crippen LogP contribution in [-0.4, -0.2) is 23.4 Å². The second kappa shape index (κ2) is 19.7. The third kappa shape index (κ3) is 11.8. The summed E-state index contributed by atoms with van der Waals surface area (Å²) in [6.45, 7) is 36.0. The van der Waals surface area contributed by atoms with E-state index in [1.165, 1.54) is 22.3 Å². The lowest BCUT2D eigenvalue weighted by molar-refractivity contribution is 0.267. The van der Waals surface area contributed by atoms with E-state index in [0.717, 1.165) is 80.0 Å². The van der Waals surface area contributed by atoms with Crippen LogP contribution >= 0.6 is 0 Å².